The number of rotatable bonds is 5. The molecule has 19 heavy (non-hydrogen) atoms. The highest BCUT2D eigenvalue weighted by atomic mass is 16.5. The van der Waals surface area contributed by atoms with Crippen molar-refractivity contribution in [1.82, 2.24) is 9.78 Å². The molecule has 1 aliphatic rings. The van der Waals surface area contributed by atoms with Crippen molar-refractivity contribution in [2.75, 3.05) is 13.7 Å². The van der Waals surface area contributed by atoms with Crippen molar-refractivity contribution in [3.8, 4) is 5.75 Å². The fraction of sp³-hybridized carbons (Fsp3) is 0.786. The molecule has 2 unspecified atom stereocenters. The minimum Gasteiger partial charge on any atom is -0.493 e. The molecule has 2 heterocycles. The predicted octanol–water partition coefficient (Wildman–Crippen LogP) is 2.26. The molecule has 2 rings (SSSR count). The van der Waals surface area contributed by atoms with Gasteiger partial charge in [0.1, 0.15) is 0 Å². The molecule has 0 spiro atoms. The van der Waals surface area contributed by atoms with Crippen LogP contribution in [0.1, 0.15) is 51.3 Å². The molecule has 1 aromatic heterocycles. The van der Waals surface area contributed by atoms with Crippen molar-refractivity contribution in [2.45, 2.75) is 57.7 Å². The number of aryl methyl sites for hydroxylation is 1. The van der Waals surface area contributed by atoms with E-state index in [0.29, 0.717) is 0 Å². The van der Waals surface area contributed by atoms with Crippen LogP contribution in [0.25, 0.3) is 0 Å². The fourth-order valence-electron chi connectivity index (χ4n) is 2.73. The molecule has 0 aliphatic carbocycles. The van der Waals surface area contributed by atoms with Gasteiger partial charge in [0, 0.05) is 13.2 Å². The van der Waals surface area contributed by atoms with Gasteiger partial charge in [-0.3, -0.25) is 4.68 Å². The fourth-order valence-corrected chi connectivity index (χ4v) is 2.73. The van der Waals surface area contributed by atoms with E-state index in [1.54, 1.807) is 13.3 Å². The van der Waals surface area contributed by atoms with E-state index in [4.69, 9.17) is 15.2 Å². The first kappa shape index (κ1) is 14.3. The maximum Gasteiger partial charge on any atom is 0.161 e. The third-order valence-electron chi connectivity index (χ3n) is 3.95. The van der Waals surface area contributed by atoms with Crippen LogP contribution in [0.15, 0.2) is 6.20 Å². The van der Waals surface area contributed by atoms with Gasteiger partial charge in [-0.05, 0) is 32.6 Å². The Morgan fingerprint density at radius 3 is 2.95 bits per heavy atom. The molecule has 5 nitrogen and oxygen atoms in total. The molecule has 5 heteroatoms. The van der Waals surface area contributed by atoms with E-state index in [1.807, 2.05) is 4.68 Å². The second-order valence-electron chi connectivity index (χ2n) is 5.42. The molecule has 0 aromatic carbocycles. The van der Waals surface area contributed by atoms with Crippen LogP contribution in [0.2, 0.25) is 0 Å². The van der Waals surface area contributed by atoms with E-state index in [-0.39, 0.29) is 11.6 Å². The average Bonchev–Trinajstić information content (AvgIpc) is 2.82. The number of hydrogen-bond acceptors (Lipinski definition) is 4. The minimum absolute atomic E-state index is 0.211. The largest absolute Gasteiger partial charge is 0.493 e. The molecule has 0 bridgehead atoms. The van der Waals surface area contributed by atoms with Crippen LogP contribution in [0.4, 0.5) is 0 Å². The van der Waals surface area contributed by atoms with Crippen molar-refractivity contribution >= 4 is 0 Å². The Labute approximate surface area is 115 Å². The van der Waals surface area contributed by atoms with E-state index < -0.39 is 0 Å². The van der Waals surface area contributed by atoms with Gasteiger partial charge in [0.2, 0.25) is 0 Å². The Kier molecular flexibility index (Phi) is 4.47. The van der Waals surface area contributed by atoms with E-state index in [1.165, 1.54) is 0 Å². The third-order valence-corrected chi connectivity index (χ3v) is 3.95. The first-order valence-corrected chi connectivity index (χ1v) is 7.11. The minimum atomic E-state index is -0.322. The van der Waals surface area contributed by atoms with E-state index in [9.17, 15) is 0 Å². The van der Waals surface area contributed by atoms with Gasteiger partial charge in [-0.25, -0.2) is 0 Å². The lowest BCUT2D eigenvalue weighted by molar-refractivity contribution is -0.0838. The maximum atomic E-state index is 6.49. The molecule has 2 atom stereocenters. The second kappa shape index (κ2) is 5.92. The summed E-state index contributed by atoms with van der Waals surface area (Å²) in [7, 11) is 1.66. The van der Waals surface area contributed by atoms with E-state index in [0.717, 1.165) is 50.3 Å². The van der Waals surface area contributed by atoms with Crippen molar-refractivity contribution in [2.24, 2.45) is 5.73 Å². The third kappa shape index (κ3) is 2.77. The van der Waals surface area contributed by atoms with E-state index >= 15 is 0 Å². The summed E-state index contributed by atoms with van der Waals surface area (Å²) in [5.74, 6) is 0.761. The average molecular weight is 267 g/mol. The number of nitrogens with two attached hydrogens (primary N) is 1. The summed E-state index contributed by atoms with van der Waals surface area (Å²) in [6, 6.07) is -0.211. The number of methoxy groups -OCH3 is 1. The Balaban J connectivity index is 2.30. The quantitative estimate of drug-likeness (QED) is 0.889. The van der Waals surface area contributed by atoms with Gasteiger partial charge < -0.3 is 15.2 Å². The van der Waals surface area contributed by atoms with Crippen LogP contribution in [-0.4, -0.2) is 29.1 Å². The summed E-state index contributed by atoms with van der Waals surface area (Å²) in [6.07, 6.45) is 6.02. The van der Waals surface area contributed by atoms with Crippen LogP contribution < -0.4 is 10.5 Å². The first-order valence-electron chi connectivity index (χ1n) is 7.11. The zero-order valence-corrected chi connectivity index (χ0v) is 12.2. The van der Waals surface area contributed by atoms with Crippen molar-refractivity contribution in [3.63, 3.8) is 0 Å². The lowest BCUT2D eigenvalue weighted by Gasteiger charge is -2.39. The summed E-state index contributed by atoms with van der Waals surface area (Å²) < 4.78 is 13.3. The monoisotopic (exact) mass is 267 g/mol. The van der Waals surface area contributed by atoms with Crippen LogP contribution in [0.5, 0.6) is 5.75 Å². The molecule has 1 aliphatic heterocycles. The van der Waals surface area contributed by atoms with Crippen LogP contribution in [0.3, 0.4) is 0 Å². The SMILES string of the molecule is CCCn1ncc(OC)c1C(N)C1(C)CCCCO1. The van der Waals surface area contributed by atoms with Gasteiger partial charge >= 0.3 is 0 Å². The summed E-state index contributed by atoms with van der Waals surface area (Å²) in [6.45, 7) is 5.86. The standard InChI is InChI=1S/C14H25N3O2/c1-4-8-17-12(11(18-3)10-16-17)13(15)14(2)7-5-6-9-19-14/h10,13H,4-9,15H2,1-3H3. The van der Waals surface area contributed by atoms with Crippen molar-refractivity contribution in [1.29, 1.82) is 0 Å². The molecular formula is C14H25N3O2. The number of ether oxygens (including phenoxy) is 2. The van der Waals surface area contributed by atoms with Gasteiger partial charge in [0.15, 0.2) is 5.75 Å². The van der Waals surface area contributed by atoms with Gasteiger partial charge in [-0.1, -0.05) is 6.92 Å². The summed E-state index contributed by atoms with van der Waals surface area (Å²) in [4.78, 5) is 0. The summed E-state index contributed by atoms with van der Waals surface area (Å²) >= 11 is 0. The Morgan fingerprint density at radius 1 is 1.58 bits per heavy atom. The molecule has 1 aromatic rings. The summed E-state index contributed by atoms with van der Waals surface area (Å²) in [5, 5.41) is 4.38. The first-order chi connectivity index (χ1) is 9.12. The molecule has 2 N–H and O–H groups in total. The highest BCUT2D eigenvalue weighted by Crippen LogP contribution is 2.38. The number of nitrogens with zero attached hydrogens (tertiary/aromatic N) is 2. The van der Waals surface area contributed by atoms with Crippen molar-refractivity contribution in [3.05, 3.63) is 11.9 Å². The number of aromatic nitrogens is 2. The van der Waals surface area contributed by atoms with Gasteiger partial charge in [0.05, 0.1) is 30.6 Å². The van der Waals surface area contributed by atoms with Gasteiger partial charge in [-0.15, -0.1) is 0 Å². The zero-order valence-electron chi connectivity index (χ0n) is 12.2. The normalized spacial score (nSPS) is 25.3. The number of hydrogen-bond donors (Lipinski definition) is 1. The Bertz CT molecular complexity index is 411. The highest BCUT2D eigenvalue weighted by Gasteiger charge is 2.38. The van der Waals surface area contributed by atoms with Crippen LogP contribution in [-0.2, 0) is 11.3 Å². The predicted molar refractivity (Wildman–Crippen MR) is 74.2 cm³/mol. The molecule has 0 saturated carbocycles. The molecule has 108 valence electrons. The maximum absolute atomic E-state index is 6.49. The van der Waals surface area contributed by atoms with Crippen molar-refractivity contribution < 1.29 is 9.47 Å². The summed E-state index contributed by atoms with van der Waals surface area (Å²) in [5.41, 5.74) is 7.12. The molecular weight excluding hydrogens is 242 g/mol. The second-order valence-corrected chi connectivity index (χ2v) is 5.42. The Morgan fingerprint density at radius 2 is 2.37 bits per heavy atom. The van der Waals surface area contributed by atoms with Gasteiger partial charge in [0.25, 0.3) is 0 Å². The smallest absolute Gasteiger partial charge is 0.161 e. The molecule has 0 amide bonds. The molecule has 0 radical (unpaired) electrons. The van der Waals surface area contributed by atoms with Crippen LogP contribution in [0, 0.1) is 0 Å². The van der Waals surface area contributed by atoms with Crippen LogP contribution >= 0.6 is 0 Å². The highest BCUT2D eigenvalue weighted by molar-refractivity contribution is 5.30. The topological polar surface area (TPSA) is 62.3 Å². The Hall–Kier alpha value is -1.07. The lowest BCUT2D eigenvalue weighted by Crippen LogP contribution is -2.44. The lowest BCUT2D eigenvalue weighted by atomic mass is 9.86. The molecule has 1 saturated heterocycles. The van der Waals surface area contributed by atoms with Gasteiger partial charge in [-0.2, -0.15) is 5.10 Å². The molecule has 1 fully saturated rings. The zero-order chi connectivity index (χ0) is 13.9. The van der Waals surface area contributed by atoms with E-state index in [2.05, 4.69) is 18.9 Å².